The number of likely N-dealkylation sites (tertiary alicyclic amines) is 1. The largest absolute Gasteiger partial charge is 3.00 e. The molecule has 0 radical (unpaired) electrons. The molecule has 3 aliphatic heterocycles. The van der Waals surface area contributed by atoms with E-state index in [0.717, 1.165) is 46.4 Å². The van der Waals surface area contributed by atoms with E-state index >= 15 is 0 Å². The average Bonchev–Trinajstić information content (AvgIpc) is 3.89. The number of carbonyl (C=O) groups excluding carboxylic acids is 4. The number of rotatable bonds is 14. The van der Waals surface area contributed by atoms with Gasteiger partial charge in [0.15, 0.2) is 17.6 Å². The second-order valence-electron chi connectivity index (χ2n) is 18.4. The SMILES string of the molecule is O=C([O-])CN1CCN(CC(=O)[O-])CCN(CC(=O)NCCCn2c3c(c4ccccc42)C[C@@]2(O)[C@@H]4Cc5ccc(O)c6c5[C@@]2(CCN4CC2CC2)[C@H]3O6)CCN(CC(=O)[O-])CC1.[111In+3]. The fraction of sp³-hybridized carbons (Fsp3) is 0.600. The quantitative estimate of drug-likeness (QED) is 0.135. The molecule has 63 heavy (non-hydrogen) atoms. The van der Waals surface area contributed by atoms with E-state index in [1.54, 1.807) is 20.8 Å². The third-order valence-electron chi connectivity index (χ3n) is 14.6. The Balaban J connectivity index is 0.00000544. The number of nitrogens with one attached hydrogen (secondary N) is 1. The van der Waals surface area contributed by atoms with Crippen LogP contribution >= 0.6 is 0 Å². The summed E-state index contributed by atoms with van der Waals surface area (Å²) in [5, 5.41) is 63.3. The number of carbonyl (C=O) groups is 4. The van der Waals surface area contributed by atoms with Crippen LogP contribution < -0.4 is 25.4 Å². The predicted octanol–water partition coefficient (Wildman–Crippen LogP) is -3.36. The molecule has 2 aromatic carbocycles. The smallest absolute Gasteiger partial charge is 0.549 e. The topological polar surface area (TPSA) is 220 Å². The molecule has 6 aliphatic rings. The van der Waals surface area contributed by atoms with Gasteiger partial charge in [0.25, 0.3) is 0 Å². The number of ether oxygens (including phenoxy) is 1. The minimum Gasteiger partial charge on any atom is -0.549 e. The molecular weight excluding hydrogens is 909 g/mol. The number of hydrogen-bond acceptors (Lipinski definition) is 15. The van der Waals surface area contributed by atoms with E-state index in [0.29, 0.717) is 63.5 Å². The van der Waals surface area contributed by atoms with Crippen molar-refractivity contribution >= 4 is 60.6 Å². The third kappa shape index (κ3) is 8.80. The van der Waals surface area contributed by atoms with Crippen molar-refractivity contribution in [2.45, 2.75) is 68.2 Å². The van der Waals surface area contributed by atoms with Gasteiger partial charge in [0, 0.05) is 121 Å². The molecule has 18 heteroatoms. The van der Waals surface area contributed by atoms with Gasteiger partial charge in [-0.25, -0.2) is 0 Å². The van der Waals surface area contributed by atoms with Crippen molar-refractivity contribution in [3.05, 3.63) is 58.8 Å². The summed E-state index contributed by atoms with van der Waals surface area (Å²) in [7, 11) is 0. The first-order valence-corrected chi connectivity index (χ1v) is 22.2. The number of aromatic hydroxyl groups is 1. The first-order chi connectivity index (χ1) is 29.8. The number of benzene rings is 2. The Morgan fingerprint density at radius 2 is 1.38 bits per heavy atom. The number of amides is 1. The van der Waals surface area contributed by atoms with Crippen molar-refractivity contribution in [2.24, 2.45) is 5.92 Å². The van der Waals surface area contributed by atoms with Gasteiger partial charge in [0.05, 0.1) is 41.2 Å². The Morgan fingerprint density at radius 1 is 0.794 bits per heavy atom. The monoisotopic (exact) mass is 965 g/mol. The van der Waals surface area contributed by atoms with Crippen LogP contribution in [0.3, 0.4) is 0 Å². The number of aliphatic carboxylic acids is 3. The molecule has 3 N–H and O–H groups in total. The van der Waals surface area contributed by atoms with Gasteiger partial charge in [-0.2, -0.15) is 0 Å². The number of aromatic nitrogens is 1. The van der Waals surface area contributed by atoms with Gasteiger partial charge in [-0.05, 0) is 67.8 Å². The Morgan fingerprint density at radius 3 is 1.97 bits per heavy atom. The molecule has 1 aromatic heterocycles. The Labute approximate surface area is 385 Å². The normalized spacial score (nSPS) is 26.7. The average molecular weight is 966 g/mol. The maximum atomic E-state index is 13.6. The van der Waals surface area contributed by atoms with Crippen LogP contribution in [-0.4, -0.2) is 199 Å². The molecule has 0 unspecified atom stereocenters. The van der Waals surface area contributed by atoms with E-state index in [1.807, 2.05) is 23.1 Å². The van der Waals surface area contributed by atoms with Crippen LogP contribution in [0.1, 0.15) is 54.2 Å². The van der Waals surface area contributed by atoms with E-state index < -0.39 is 35.0 Å². The maximum absolute atomic E-state index is 13.6. The van der Waals surface area contributed by atoms with Gasteiger partial charge in [-0.3, -0.25) is 29.3 Å². The Hall–Kier alpha value is -3.91. The van der Waals surface area contributed by atoms with E-state index in [-0.39, 0.29) is 109 Å². The van der Waals surface area contributed by atoms with Gasteiger partial charge >= 0.3 is 25.8 Å². The zero-order chi connectivity index (χ0) is 43.3. The first-order valence-electron chi connectivity index (χ1n) is 22.2. The van der Waals surface area contributed by atoms with E-state index in [1.165, 1.54) is 12.8 Å². The fourth-order valence-electron chi connectivity index (χ4n) is 11.5. The van der Waals surface area contributed by atoms with Crippen molar-refractivity contribution in [1.29, 1.82) is 0 Å². The van der Waals surface area contributed by atoms with E-state index in [4.69, 9.17) is 4.74 Å². The minimum atomic E-state index is -1.29. The van der Waals surface area contributed by atoms with Gasteiger partial charge in [0.1, 0.15) is 0 Å². The van der Waals surface area contributed by atoms with Crippen molar-refractivity contribution in [2.75, 3.05) is 98.2 Å². The molecule has 2 saturated heterocycles. The molecule has 1 amide bonds. The maximum Gasteiger partial charge on any atom is 3.00 e. The number of nitrogens with zero attached hydrogens (tertiary/aromatic N) is 6. The molecule has 334 valence electrons. The van der Waals surface area contributed by atoms with Crippen LogP contribution in [0.4, 0.5) is 0 Å². The standard InChI is InChI=1S/C45H59N7O10.In/c53-34-9-8-30-22-35-45(61)23-32-31-4-1-2-5-33(31)52(41(32)43-44(45,40(30)42(34)62-43)10-13-51(35)24-29-6-7-29)12-3-11-46-36(54)25-47-14-16-48(26-37(55)56)18-20-50(28-39(59)60)21-19-49(17-15-47)27-38(57)58;/h1-2,4-5,8-9,29,35,43,53,61H,3,6-7,10-28H2,(H,46,54)(H,55,56)(H,57,58)(H,59,60);/q;+3/p-3/t35-,43-,44-,45+;/m0./s1/i;1-4. The number of carboxylic acid groups (broad SMARTS) is 3. The van der Waals surface area contributed by atoms with Gasteiger partial charge < -0.3 is 54.5 Å². The number of aryl methyl sites for hydroxylation is 1. The van der Waals surface area contributed by atoms with Crippen molar-refractivity contribution in [1.82, 2.24) is 34.4 Å². The number of piperidine rings is 1. The fourth-order valence-corrected chi connectivity index (χ4v) is 11.5. The van der Waals surface area contributed by atoms with Gasteiger partial charge in [-0.1, -0.05) is 24.3 Å². The summed E-state index contributed by atoms with van der Waals surface area (Å²) >= 11 is 0. The Kier molecular flexibility index (Phi) is 13.4. The van der Waals surface area contributed by atoms with Crippen LogP contribution in [0.15, 0.2) is 36.4 Å². The van der Waals surface area contributed by atoms with Crippen LogP contribution in [-0.2, 0) is 44.0 Å². The van der Waals surface area contributed by atoms with Crippen molar-refractivity contribution in [3.63, 3.8) is 0 Å². The van der Waals surface area contributed by atoms with Gasteiger partial charge in [-0.15, -0.1) is 0 Å². The summed E-state index contributed by atoms with van der Waals surface area (Å²) in [6, 6.07) is 11.9. The second-order valence-corrected chi connectivity index (χ2v) is 18.4. The van der Waals surface area contributed by atoms with Crippen LogP contribution in [0.5, 0.6) is 11.5 Å². The molecule has 1 saturated carbocycles. The summed E-state index contributed by atoms with van der Waals surface area (Å²) in [5.74, 6) is -2.81. The molecular formula is C45H56InN7O10. The molecule has 17 nitrogen and oxygen atoms in total. The van der Waals surface area contributed by atoms with Gasteiger partial charge in [0.2, 0.25) is 5.91 Å². The number of aliphatic hydroxyl groups is 1. The summed E-state index contributed by atoms with van der Waals surface area (Å²) in [5.41, 5.74) is 3.40. The summed E-state index contributed by atoms with van der Waals surface area (Å²) in [6.45, 7) is 3.63. The molecule has 4 heterocycles. The minimum absolute atomic E-state index is 0. The molecule has 1 spiro atoms. The number of phenolic OH excluding ortho intramolecular Hbond substituents is 1. The van der Waals surface area contributed by atoms with Crippen molar-refractivity contribution < 1.29 is 49.4 Å². The molecule has 2 bridgehead atoms. The number of fused-ring (bicyclic) bond motifs is 4. The zero-order valence-electron chi connectivity index (χ0n) is 35.7. The molecule has 3 aromatic rings. The van der Waals surface area contributed by atoms with E-state index in [2.05, 4.69) is 26.9 Å². The predicted molar refractivity (Wildman–Crippen MR) is 224 cm³/mol. The molecule has 3 aliphatic carbocycles. The van der Waals surface area contributed by atoms with Crippen molar-refractivity contribution in [3.8, 4) is 11.5 Å². The second kappa shape index (κ2) is 18.5. The number of carboxylic acids is 3. The van der Waals surface area contributed by atoms with Crippen LogP contribution in [0.25, 0.3) is 10.9 Å². The van der Waals surface area contributed by atoms with Crippen LogP contribution in [0, 0.1) is 5.92 Å². The van der Waals surface area contributed by atoms with Crippen LogP contribution in [0.2, 0.25) is 0 Å². The summed E-state index contributed by atoms with van der Waals surface area (Å²) in [4.78, 5) is 57.4. The molecule has 3 fully saturated rings. The molecule has 4 atom stereocenters. The number of hydrogen-bond donors (Lipinski definition) is 3. The first kappa shape index (κ1) is 45.7. The summed E-state index contributed by atoms with van der Waals surface area (Å²) in [6.07, 6.45) is 4.44. The molecule has 9 rings (SSSR count). The number of para-hydroxylation sites is 1. The van der Waals surface area contributed by atoms with E-state index in [9.17, 15) is 44.7 Å². The zero-order valence-corrected chi connectivity index (χ0v) is 39.0. The number of phenols is 1. The summed E-state index contributed by atoms with van der Waals surface area (Å²) < 4.78 is 9.22. The Bertz CT molecular complexity index is 2200. The third-order valence-corrected chi connectivity index (χ3v) is 14.6.